The lowest BCUT2D eigenvalue weighted by molar-refractivity contribution is 0.195. The van der Waals surface area contributed by atoms with Gasteiger partial charge in [-0.25, -0.2) is 0 Å². The summed E-state index contributed by atoms with van der Waals surface area (Å²) in [4.78, 5) is 2.50. The fraction of sp³-hybridized carbons (Fsp3) is 0.846. The minimum Gasteiger partial charge on any atom is -0.321 e. The normalized spacial score (nSPS) is 21.1. The van der Waals surface area contributed by atoms with Crippen molar-refractivity contribution in [1.82, 2.24) is 9.47 Å². The number of nitrogens with zero attached hydrogens (tertiary/aromatic N) is 2. The van der Waals surface area contributed by atoms with Gasteiger partial charge in [-0.2, -0.15) is 0 Å². The molecule has 1 aliphatic rings. The predicted molar refractivity (Wildman–Crippen MR) is 75.4 cm³/mol. The van der Waals surface area contributed by atoms with Crippen LogP contribution in [0.15, 0.2) is 12.7 Å². The van der Waals surface area contributed by atoms with Crippen molar-refractivity contribution in [3.05, 3.63) is 12.7 Å². The predicted octanol–water partition coefficient (Wildman–Crippen LogP) is 2.80. The maximum absolute atomic E-state index is 3.82. The molecule has 0 aromatic rings. The van der Waals surface area contributed by atoms with Gasteiger partial charge in [0.1, 0.15) is 8.24 Å². The Morgan fingerprint density at radius 3 is 2.00 bits per heavy atom. The summed E-state index contributed by atoms with van der Waals surface area (Å²) in [5, 5.41) is 0.466. The van der Waals surface area contributed by atoms with Crippen molar-refractivity contribution < 1.29 is 0 Å². The zero-order valence-corrected chi connectivity index (χ0v) is 12.7. The van der Waals surface area contributed by atoms with Gasteiger partial charge < -0.3 is 4.57 Å². The molecular weight excluding hydrogens is 212 g/mol. The summed E-state index contributed by atoms with van der Waals surface area (Å²) >= 11 is 0. The molecule has 1 rings (SSSR count). The van der Waals surface area contributed by atoms with E-state index in [1.165, 1.54) is 26.2 Å². The molecule has 0 aliphatic carbocycles. The van der Waals surface area contributed by atoms with Crippen LogP contribution >= 0.6 is 0 Å². The summed E-state index contributed by atoms with van der Waals surface area (Å²) < 4.78 is 2.77. The third-order valence-corrected chi connectivity index (χ3v) is 10.1. The first-order chi connectivity index (χ1) is 7.29. The standard InChI is InChI=1S/C13H28N2Si/c1-7-8-14-9-11-15(12-10-14)16(5,6)13(2,3)4/h7H,1,8-12H2,2-6H3. The van der Waals surface area contributed by atoms with Gasteiger partial charge in [-0.1, -0.05) is 39.9 Å². The van der Waals surface area contributed by atoms with Crippen molar-refractivity contribution >= 4 is 8.24 Å². The first-order valence-electron chi connectivity index (χ1n) is 6.37. The molecule has 0 aromatic heterocycles. The fourth-order valence-electron chi connectivity index (χ4n) is 2.15. The second kappa shape index (κ2) is 5.03. The molecule has 0 saturated carbocycles. The highest BCUT2D eigenvalue weighted by Crippen LogP contribution is 2.38. The highest BCUT2D eigenvalue weighted by Gasteiger charge is 2.41. The van der Waals surface area contributed by atoms with Gasteiger partial charge in [0.15, 0.2) is 0 Å². The minimum atomic E-state index is -1.28. The highest BCUT2D eigenvalue weighted by atomic mass is 28.3. The van der Waals surface area contributed by atoms with Crippen molar-refractivity contribution in [2.45, 2.75) is 38.9 Å². The minimum absolute atomic E-state index is 0.466. The van der Waals surface area contributed by atoms with E-state index in [0.29, 0.717) is 5.04 Å². The molecule has 0 radical (unpaired) electrons. The van der Waals surface area contributed by atoms with E-state index in [9.17, 15) is 0 Å². The Balaban J connectivity index is 2.56. The third-order valence-electron chi connectivity index (χ3n) is 4.39. The summed E-state index contributed by atoms with van der Waals surface area (Å²) in [7, 11) is -1.28. The molecule has 0 spiro atoms. The fourth-order valence-corrected chi connectivity index (χ4v) is 4.41. The molecule has 0 unspecified atom stereocenters. The number of hydrogen-bond donors (Lipinski definition) is 0. The van der Waals surface area contributed by atoms with Crippen LogP contribution in [-0.2, 0) is 0 Å². The Labute approximate surface area is 102 Å². The van der Waals surface area contributed by atoms with Crippen LogP contribution in [0.2, 0.25) is 18.1 Å². The van der Waals surface area contributed by atoms with Gasteiger partial charge >= 0.3 is 0 Å². The van der Waals surface area contributed by atoms with E-state index < -0.39 is 8.24 Å². The van der Waals surface area contributed by atoms with Crippen LogP contribution in [0.3, 0.4) is 0 Å². The molecule has 94 valence electrons. The lowest BCUT2D eigenvalue weighted by Crippen LogP contribution is -2.61. The summed E-state index contributed by atoms with van der Waals surface area (Å²) in [6.07, 6.45) is 2.02. The van der Waals surface area contributed by atoms with Crippen LogP contribution in [0.4, 0.5) is 0 Å². The largest absolute Gasteiger partial charge is 0.321 e. The Hall–Kier alpha value is -0.123. The van der Waals surface area contributed by atoms with E-state index in [2.05, 4.69) is 49.9 Å². The van der Waals surface area contributed by atoms with Gasteiger partial charge in [0.05, 0.1) is 0 Å². The van der Waals surface area contributed by atoms with Crippen LogP contribution in [0.25, 0.3) is 0 Å². The summed E-state index contributed by atoms with van der Waals surface area (Å²) in [6.45, 7) is 22.0. The monoisotopic (exact) mass is 240 g/mol. The van der Waals surface area contributed by atoms with Crippen LogP contribution in [0, 0.1) is 0 Å². The lowest BCUT2D eigenvalue weighted by Gasteiger charge is -2.49. The van der Waals surface area contributed by atoms with Crippen LogP contribution < -0.4 is 0 Å². The number of hydrogen-bond acceptors (Lipinski definition) is 2. The van der Waals surface area contributed by atoms with Gasteiger partial charge in [0.25, 0.3) is 0 Å². The quantitative estimate of drug-likeness (QED) is 0.553. The Morgan fingerprint density at radius 2 is 1.62 bits per heavy atom. The highest BCUT2D eigenvalue weighted by molar-refractivity contribution is 6.77. The third kappa shape index (κ3) is 2.96. The molecule has 0 N–H and O–H groups in total. The van der Waals surface area contributed by atoms with Crippen LogP contribution in [0.5, 0.6) is 0 Å². The van der Waals surface area contributed by atoms with Crippen molar-refractivity contribution in [2.75, 3.05) is 32.7 Å². The smallest absolute Gasteiger partial charge is 0.127 e. The molecule has 0 atom stereocenters. The van der Waals surface area contributed by atoms with Crippen molar-refractivity contribution in [3.8, 4) is 0 Å². The average Bonchev–Trinajstić information content (AvgIpc) is 2.17. The lowest BCUT2D eigenvalue weighted by atomic mass is 10.2. The molecule has 1 fully saturated rings. The summed E-state index contributed by atoms with van der Waals surface area (Å²) in [5.41, 5.74) is 0. The van der Waals surface area contributed by atoms with Crippen LogP contribution in [0.1, 0.15) is 20.8 Å². The van der Waals surface area contributed by atoms with E-state index in [4.69, 9.17) is 0 Å². The zero-order chi connectivity index (χ0) is 12.4. The number of piperazine rings is 1. The van der Waals surface area contributed by atoms with E-state index >= 15 is 0 Å². The molecule has 0 amide bonds. The zero-order valence-electron chi connectivity index (χ0n) is 11.7. The maximum Gasteiger partial charge on any atom is 0.127 e. The summed E-state index contributed by atoms with van der Waals surface area (Å²) in [5.74, 6) is 0. The molecule has 1 heterocycles. The first-order valence-corrected chi connectivity index (χ1v) is 9.32. The van der Waals surface area contributed by atoms with E-state index in [1.807, 2.05) is 6.08 Å². The van der Waals surface area contributed by atoms with Crippen molar-refractivity contribution in [1.29, 1.82) is 0 Å². The van der Waals surface area contributed by atoms with Gasteiger partial charge in [0, 0.05) is 32.7 Å². The van der Waals surface area contributed by atoms with Gasteiger partial charge in [0.2, 0.25) is 0 Å². The molecule has 1 saturated heterocycles. The van der Waals surface area contributed by atoms with Gasteiger partial charge in [-0.15, -0.1) is 6.58 Å². The van der Waals surface area contributed by atoms with E-state index in [-0.39, 0.29) is 0 Å². The number of rotatable bonds is 3. The Bertz CT molecular complexity index is 235. The molecular formula is C13H28N2Si. The molecule has 2 nitrogen and oxygen atoms in total. The Kier molecular flexibility index (Phi) is 4.38. The maximum atomic E-state index is 3.82. The van der Waals surface area contributed by atoms with E-state index in [0.717, 1.165) is 6.54 Å². The molecule has 0 bridgehead atoms. The van der Waals surface area contributed by atoms with Crippen LogP contribution in [-0.4, -0.2) is 50.4 Å². The van der Waals surface area contributed by atoms with Crippen molar-refractivity contribution in [2.24, 2.45) is 0 Å². The Morgan fingerprint density at radius 1 is 1.12 bits per heavy atom. The second-order valence-electron chi connectivity index (χ2n) is 6.39. The average molecular weight is 240 g/mol. The topological polar surface area (TPSA) is 6.48 Å². The van der Waals surface area contributed by atoms with E-state index in [1.54, 1.807) is 0 Å². The SMILES string of the molecule is C=CCN1CCN([Si](C)(C)C(C)(C)C)CC1. The molecule has 0 aromatic carbocycles. The molecule has 3 heteroatoms. The molecule has 16 heavy (non-hydrogen) atoms. The molecule has 1 aliphatic heterocycles. The first kappa shape index (κ1) is 13.9. The van der Waals surface area contributed by atoms with Gasteiger partial charge in [-0.3, -0.25) is 4.90 Å². The van der Waals surface area contributed by atoms with Crippen molar-refractivity contribution in [3.63, 3.8) is 0 Å². The van der Waals surface area contributed by atoms with Gasteiger partial charge in [-0.05, 0) is 5.04 Å². The second-order valence-corrected chi connectivity index (χ2v) is 11.6. The summed E-state index contributed by atoms with van der Waals surface area (Å²) in [6, 6.07) is 0.